The second-order valence-corrected chi connectivity index (χ2v) is 5.14. The zero-order valence-electron chi connectivity index (χ0n) is 9.23. The Kier molecular flexibility index (Phi) is 3.05. The Hall–Kier alpha value is -0.900. The molecule has 1 aliphatic rings. The molecule has 15 heavy (non-hydrogen) atoms. The maximum atomic E-state index is 5.95. The number of aryl methyl sites for hydroxylation is 1. The van der Waals surface area contributed by atoms with Crippen LogP contribution in [0.2, 0.25) is 0 Å². The molecule has 1 aliphatic heterocycles. The number of hydrogen-bond donors (Lipinski definition) is 1. The number of rotatable bonds is 2. The lowest BCUT2D eigenvalue weighted by molar-refractivity contribution is 0.692. The second-order valence-electron chi connectivity index (χ2n) is 3.99. The van der Waals surface area contributed by atoms with E-state index >= 15 is 0 Å². The molecule has 82 valence electrons. The van der Waals surface area contributed by atoms with Gasteiger partial charge in [-0.25, -0.2) is 4.98 Å². The van der Waals surface area contributed by atoms with Gasteiger partial charge in [-0.3, -0.25) is 0 Å². The van der Waals surface area contributed by atoms with Crippen molar-refractivity contribution in [2.24, 2.45) is 0 Å². The number of nitrogens with two attached hydrogens (primary N) is 1. The SMILES string of the molecule is Cc1ccc(N)c(N(C)C2CCSC2)n1. The van der Waals surface area contributed by atoms with Gasteiger partial charge in [0.15, 0.2) is 5.82 Å². The average Bonchev–Trinajstić information content (AvgIpc) is 2.74. The van der Waals surface area contributed by atoms with Crippen LogP contribution in [-0.2, 0) is 0 Å². The highest BCUT2D eigenvalue weighted by Crippen LogP contribution is 2.28. The van der Waals surface area contributed by atoms with Crippen LogP contribution in [0.15, 0.2) is 12.1 Å². The Morgan fingerprint density at radius 3 is 3.00 bits per heavy atom. The van der Waals surface area contributed by atoms with E-state index in [0.29, 0.717) is 6.04 Å². The molecule has 0 aromatic carbocycles. The predicted octanol–water partition coefficient (Wildman–Crippen LogP) is 1.91. The molecule has 0 aliphatic carbocycles. The molecule has 0 radical (unpaired) electrons. The van der Waals surface area contributed by atoms with Crippen molar-refractivity contribution in [1.82, 2.24) is 4.98 Å². The van der Waals surface area contributed by atoms with Gasteiger partial charge in [0.2, 0.25) is 0 Å². The minimum atomic E-state index is 0.589. The van der Waals surface area contributed by atoms with Crippen LogP contribution in [0.3, 0.4) is 0 Å². The molecular weight excluding hydrogens is 206 g/mol. The van der Waals surface area contributed by atoms with E-state index in [0.717, 1.165) is 17.2 Å². The highest BCUT2D eigenvalue weighted by molar-refractivity contribution is 7.99. The van der Waals surface area contributed by atoms with Crippen molar-refractivity contribution in [2.45, 2.75) is 19.4 Å². The molecule has 1 unspecified atom stereocenters. The fourth-order valence-electron chi connectivity index (χ4n) is 1.84. The van der Waals surface area contributed by atoms with Gasteiger partial charge in [-0.15, -0.1) is 0 Å². The molecule has 3 nitrogen and oxygen atoms in total. The van der Waals surface area contributed by atoms with Gasteiger partial charge < -0.3 is 10.6 Å². The standard InChI is InChI=1S/C11H17N3S/c1-8-3-4-10(12)11(13-8)14(2)9-5-6-15-7-9/h3-4,9H,5-7,12H2,1-2H3. The van der Waals surface area contributed by atoms with Crippen LogP contribution in [0.25, 0.3) is 0 Å². The number of nitrogen functional groups attached to an aromatic ring is 1. The Morgan fingerprint density at radius 2 is 2.33 bits per heavy atom. The van der Waals surface area contributed by atoms with E-state index in [1.54, 1.807) is 0 Å². The highest BCUT2D eigenvalue weighted by atomic mass is 32.2. The summed E-state index contributed by atoms with van der Waals surface area (Å²) in [5.74, 6) is 3.37. The smallest absolute Gasteiger partial charge is 0.152 e. The molecule has 0 spiro atoms. The van der Waals surface area contributed by atoms with Gasteiger partial charge in [0.25, 0.3) is 0 Å². The van der Waals surface area contributed by atoms with Crippen LogP contribution < -0.4 is 10.6 Å². The third-order valence-corrected chi connectivity index (χ3v) is 3.98. The van der Waals surface area contributed by atoms with E-state index < -0.39 is 0 Å². The van der Waals surface area contributed by atoms with Gasteiger partial charge in [0.1, 0.15) is 0 Å². The van der Waals surface area contributed by atoms with Crippen molar-refractivity contribution in [1.29, 1.82) is 0 Å². The minimum absolute atomic E-state index is 0.589. The number of pyridine rings is 1. The summed E-state index contributed by atoms with van der Waals surface area (Å²) in [4.78, 5) is 6.73. The van der Waals surface area contributed by atoms with Crippen molar-refractivity contribution in [2.75, 3.05) is 29.2 Å². The summed E-state index contributed by atoms with van der Waals surface area (Å²) in [6.07, 6.45) is 1.23. The van der Waals surface area contributed by atoms with Crippen LogP contribution in [0.5, 0.6) is 0 Å². The molecule has 0 bridgehead atoms. The zero-order chi connectivity index (χ0) is 10.8. The van der Waals surface area contributed by atoms with E-state index in [2.05, 4.69) is 16.9 Å². The Morgan fingerprint density at radius 1 is 1.53 bits per heavy atom. The lowest BCUT2D eigenvalue weighted by Gasteiger charge is -2.26. The summed E-state index contributed by atoms with van der Waals surface area (Å²) in [6, 6.07) is 4.48. The lowest BCUT2D eigenvalue weighted by atomic mass is 10.2. The van der Waals surface area contributed by atoms with E-state index in [1.807, 2.05) is 30.8 Å². The topological polar surface area (TPSA) is 42.1 Å². The van der Waals surface area contributed by atoms with E-state index in [4.69, 9.17) is 5.73 Å². The molecular formula is C11H17N3S. The molecule has 2 rings (SSSR count). The third-order valence-electron chi connectivity index (χ3n) is 2.83. The monoisotopic (exact) mass is 223 g/mol. The zero-order valence-corrected chi connectivity index (χ0v) is 10.0. The van der Waals surface area contributed by atoms with Crippen LogP contribution in [-0.4, -0.2) is 29.6 Å². The van der Waals surface area contributed by atoms with Crippen LogP contribution >= 0.6 is 11.8 Å². The van der Waals surface area contributed by atoms with E-state index in [1.165, 1.54) is 17.9 Å². The van der Waals surface area contributed by atoms with Gasteiger partial charge in [-0.1, -0.05) is 0 Å². The van der Waals surface area contributed by atoms with Crippen molar-refractivity contribution in [3.8, 4) is 0 Å². The molecule has 4 heteroatoms. The minimum Gasteiger partial charge on any atom is -0.396 e. The summed E-state index contributed by atoms with van der Waals surface area (Å²) in [6.45, 7) is 2.00. The molecule has 1 aromatic heterocycles. The molecule has 0 amide bonds. The lowest BCUT2D eigenvalue weighted by Crippen LogP contribution is -2.32. The Bertz CT molecular complexity index is 348. The van der Waals surface area contributed by atoms with Crippen molar-refractivity contribution in [3.05, 3.63) is 17.8 Å². The van der Waals surface area contributed by atoms with Crippen LogP contribution in [0.4, 0.5) is 11.5 Å². The van der Waals surface area contributed by atoms with Crippen molar-refractivity contribution >= 4 is 23.3 Å². The number of nitrogens with zero attached hydrogens (tertiary/aromatic N) is 2. The third kappa shape index (κ3) is 2.20. The van der Waals surface area contributed by atoms with Crippen molar-refractivity contribution < 1.29 is 0 Å². The Labute approximate surface area is 95.1 Å². The number of thioether (sulfide) groups is 1. The normalized spacial score (nSPS) is 20.5. The summed E-state index contributed by atoms with van der Waals surface area (Å²) >= 11 is 2.00. The summed E-state index contributed by atoms with van der Waals surface area (Å²) in [5, 5.41) is 0. The second kappa shape index (κ2) is 4.31. The fraction of sp³-hybridized carbons (Fsp3) is 0.545. The molecule has 1 saturated heterocycles. The highest BCUT2D eigenvalue weighted by Gasteiger charge is 2.22. The van der Waals surface area contributed by atoms with Crippen LogP contribution in [0.1, 0.15) is 12.1 Å². The predicted molar refractivity (Wildman–Crippen MR) is 67.5 cm³/mol. The molecule has 1 aromatic rings. The maximum Gasteiger partial charge on any atom is 0.152 e. The van der Waals surface area contributed by atoms with Gasteiger partial charge in [-0.05, 0) is 31.2 Å². The average molecular weight is 223 g/mol. The van der Waals surface area contributed by atoms with E-state index in [-0.39, 0.29) is 0 Å². The number of anilines is 2. The van der Waals surface area contributed by atoms with Crippen molar-refractivity contribution in [3.63, 3.8) is 0 Å². The summed E-state index contributed by atoms with van der Waals surface area (Å²) in [7, 11) is 2.09. The number of aromatic nitrogens is 1. The first kappa shape index (κ1) is 10.6. The molecule has 1 atom stereocenters. The molecule has 1 fully saturated rings. The van der Waals surface area contributed by atoms with Gasteiger partial charge in [0.05, 0.1) is 5.69 Å². The first-order valence-electron chi connectivity index (χ1n) is 5.22. The van der Waals surface area contributed by atoms with Crippen LogP contribution in [0, 0.1) is 6.92 Å². The fourth-order valence-corrected chi connectivity index (χ4v) is 3.10. The molecule has 2 heterocycles. The Balaban J connectivity index is 2.23. The molecule has 0 saturated carbocycles. The quantitative estimate of drug-likeness (QED) is 0.831. The van der Waals surface area contributed by atoms with Gasteiger partial charge in [0, 0.05) is 24.5 Å². The number of hydrogen-bond acceptors (Lipinski definition) is 4. The summed E-state index contributed by atoms with van der Waals surface area (Å²) in [5.41, 5.74) is 7.75. The van der Waals surface area contributed by atoms with Gasteiger partial charge in [-0.2, -0.15) is 11.8 Å². The largest absolute Gasteiger partial charge is 0.396 e. The first-order chi connectivity index (χ1) is 7.18. The van der Waals surface area contributed by atoms with E-state index in [9.17, 15) is 0 Å². The molecule has 2 N–H and O–H groups in total. The maximum absolute atomic E-state index is 5.95. The van der Waals surface area contributed by atoms with Gasteiger partial charge >= 0.3 is 0 Å². The summed E-state index contributed by atoms with van der Waals surface area (Å²) < 4.78 is 0. The first-order valence-corrected chi connectivity index (χ1v) is 6.37.